The second-order valence-electron chi connectivity index (χ2n) is 7.65. The van der Waals surface area contributed by atoms with Crippen LogP contribution in [0.3, 0.4) is 0 Å². The zero-order chi connectivity index (χ0) is 23.4. The Hall–Kier alpha value is -3.78. The van der Waals surface area contributed by atoms with Crippen molar-refractivity contribution in [1.29, 1.82) is 0 Å². The van der Waals surface area contributed by atoms with Crippen molar-refractivity contribution in [3.05, 3.63) is 95.9 Å². The molecule has 33 heavy (non-hydrogen) atoms. The third-order valence-corrected chi connectivity index (χ3v) is 6.75. The molecule has 8 heteroatoms. The molecule has 4 rings (SSSR count). The van der Waals surface area contributed by atoms with E-state index in [9.17, 15) is 13.2 Å². The Bertz CT molecular complexity index is 1400. The first-order valence-corrected chi connectivity index (χ1v) is 12.1. The highest BCUT2D eigenvalue weighted by molar-refractivity contribution is 7.93. The maximum atomic E-state index is 13.2. The van der Waals surface area contributed by atoms with Gasteiger partial charge in [0.15, 0.2) is 0 Å². The molecule has 1 amide bonds. The summed E-state index contributed by atoms with van der Waals surface area (Å²) in [7, 11) is -3.99. The number of nitrogens with one attached hydrogen (secondary N) is 2. The van der Waals surface area contributed by atoms with Gasteiger partial charge < -0.3 is 5.32 Å². The normalized spacial score (nSPS) is 12.3. The molecule has 2 aromatic carbocycles. The average molecular weight is 461 g/mol. The summed E-state index contributed by atoms with van der Waals surface area (Å²) in [4.78, 5) is 21.7. The first kappa shape index (κ1) is 22.4. The van der Waals surface area contributed by atoms with Gasteiger partial charge in [0.2, 0.25) is 0 Å². The lowest BCUT2D eigenvalue weighted by Crippen LogP contribution is -2.29. The monoisotopic (exact) mass is 460 g/mol. The molecular formula is C25H24N4O3S. The van der Waals surface area contributed by atoms with E-state index in [4.69, 9.17) is 0 Å². The summed E-state index contributed by atoms with van der Waals surface area (Å²) in [5.41, 5.74) is 2.57. The molecule has 0 spiro atoms. The molecule has 2 aromatic heterocycles. The highest BCUT2D eigenvalue weighted by Crippen LogP contribution is 2.26. The first-order chi connectivity index (χ1) is 15.9. The minimum atomic E-state index is -3.99. The van der Waals surface area contributed by atoms with E-state index < -0.39 is 10.0 Å². The highest BCUT2D eigenvalue weighted by atomic mass is 32.2. The van der Waals surface area contributed by atoms with Gasteiger partial charge in [-0.05, 0) is 49.2 Å². The van der Waals surface area contributed by atoms with Gasteiger partial charge in [-0.25, -0.2) is 8.42 Å². The smallest absolute Gasteiger partial charge is 0.264 e. The molecule has 4 aromatic rings. The van der Waals surface area contributed by atoms with Gasteiger partial charge in [0.1, 0.15) is 4.90 Å². The summed E-state index contributed by atoms with van der Waals surface area (Å²) < 4.78 is 29.0. The predicted octanol–water partition coefficient (Wildman–Crippen LogP) is 4.62. The van der Waals surface area contributed by atoms with Gasteiger partial charge in [0.25, 0.3) is 15.9 Å². The number of rotatable bonds is 7. The Morgan fingerprint density at radius 1 is 0.970 bits per heavy atom. The number of aromatic nitrogens is 2. The molecule has 0 fully saturated rings. The third kappa shape index (κ3) is 4.85. The summed E-state index contributed by atoms with van der Waals surface area (Å²) in [5, 5.41) is 3.70. The van der Waals surface area contributed by atoms with Gasteiger partial charge in [-0.3, -0.25) is 19.5 Å². The first-order valence-electron chi connectivity index (χ1n) is 10.6. The summed E-state index contributed by atoms with van der Waals surface area (Å²) in [6, 6.07) is 18.6. The summed E-state index contributed by atoms with van der Waals surface area (Å²) in [6.45, 7) is 3.87. The second-order valence-corrected chi connectivity index (χ2v) is 9.30. The molecule has 0 aliphatic carbocycles. The summed E-state index contributed by atoms with van der Waals surface area (Å²) in [6.07, 6.45) is 3.95. The molecule has 1 atom stereocenters. The quantitative estimate of drug-likeness (QED) is 0.419. The summed E-state index contributed by atoms with van der Waals surface area (Å²) in [5.74, 6) is -0.378. The number of nitrogens with zero attached hydrogens (tertiary/aromatic N) is 2. The minimum absolute atomic E-state index is 0.0491. The number of pyridine rings is 2. The standard InChI is InChI=1S/C25H24N4O3S/c1-3-21(19-14-13-17(2)27-16-19)28-25(30)20-10-4-5-11-22(20)29-33(31,32)23-12-6-8-18-9-7-15-26-24(18)23/h4-16,21,29H,3H2,1-2H3,(H,28,30). The van der Waals surface area contributed by atoms with Gasteiger partial charge in [0, 0.05) is 23.5 Å². The van der Waals surface area contributed by atoms with E-state index in [1.165, 1.54) is 6.07 Å². The highest BCUT2D eigenvalue weighted by Gasteiger charge is 2.22. The molecule has 0 radical (unpaired) electrons. The Balaban J connectivity index is 1.63. The molecule has 0 aliphatic rings. The largest absolute Gasteiger partial charge is 0.345 e. The van der Waals surface area contributed by atoms with Crippen LogP contribution in [0.25, 0.3) is 10.9 Å². The van der Waals surface area contributed by atoms with E-state index in [0.717, 1.165) is 11.3 Å². The van der Waals surface area contributed by atoms with Crippen molar-refractivity contribution < 1.29 is 13.2 Å². The molecule has 2 N–H and O–H groups in total. The number of carbonyl (C=O) groups excluding carboxylic acids is 1. The number of fused-ring (bicyclic) bond motifs is 1. The SMILES string of the molecule is CCC(NC(=O)c1ccccc1NS(=O)(=O)c1cccc2cccnc12)c1ccc(C)nc1. The Labute approximate surface area is 193 Å². The van der Waals surface area contributed by atoms with Crippen molar-refractivity contribution in [2.45, 2.75) is 31.2 Å². The average Bonchev–Trinajstić information content (AvgIpc) is 2.82. The molecular weight excluding hydrogens is 436 g/mol. The molecule has 0 saturated heterocycles. The van der Waals surface area contributed by atoms with E-state index in [2.05, 4.69) is 20.0 Å². The van der Waals surface area contributed by atoms with E-state index >= 15 is 0 Å². The van der Waals surface area contributed by atoms with Crippen molar-refractivity contribution >= 4 is 32.5 Å². The van der Waals surface area contributed by atoms with Crippen LogP contribution in [0.1, 0.15) is 41.0 Å². The van der Waals surface area contributed by atoms with Crippen LogP contribution >= 0.6 is 0 Å². The lowest BCUT2D eigenvalue weighted by molar-refractivity contribution is 0.0936. The van der Waals surface area contributed by atoms with E-state index in [1.807, 2.05) is 26.0 Å². The molecule has 1 unspecified atom stereocenters. The molecule has 0 bridgehead atoms. The van der Waals surface area contributed by atoms with Crippen LogP contribution in [0.2, 0.25) is 0 Å². The van der Waals surface area contributed by atoms with Crippen molar-refractivity contribution in [3.8, 4) is 0 Å². The van der Waals surface area contributed by atoms with Crippen LogP contribution < -0.4 is 10.0 Å². The summed E-state index contributed by atoms with van der Waals surface area (Å²) >= 11 is 0. The number of benzene rings is 2. The number of amides is 1. The van der Waals surface area contributed by atoms with Crippen molar-refractivity contribution in [3.63, 3.8) is 0 Å². The lowest BCUT2D eigenvalue weighted by Gasteiger charge is -2.19. The van der Waals surface area contributed by atoms with Gasteiger partial charge in [-0.2, -0.15) is 0 Å². The fourth-order valence-corrected chi connectivity index (χ4v) is 4.87. The van der Waals surface area contributed by atoms with Gasteiger partial charge in [0.05, 0.1) is 22.8 Å². The van der Waals surface area contributed by atoms with Gasteiger partial charge >= 0.3 is 0 Å². The maximum Gasteiger partial charge on any atom is 0.264 e. The number of aryl methyl sites for hydroxylation is 1. The van der Waals surface area contributed by atoms with E-state index in [1.54, 1.807) is 60.9 Å². The number of anilines is 1. The van der Waals surface area contributed by atoms with Crippen molar-refractivity contribution in [2.24, 2.45) is 0 Å². The van der Waals surface area contributed by atoms with Crippen LogP contribution in [0.15, 0.2) is 84.0 Å². The van der Waals surface area contributed by atoms with Crippen LogP contribution in [0.5, 0.6) is 0 Å². The Morgan fingerprint density at radius 3 is 2.52 bits per heavy atom. The van der Waals surface area contributed by atoms with Gasteiger partial charge in [-0.15, -0.1) is 0 Å². The fourth-order valence-electron chi connectivity index (χ4n) is 3.61. The number of hydrogen-bond donors (Lipinski definition) is 2. The van der Waals surface area contributed by atoms with Crippen LogP contribution in [-0.2, 0) is 10.0 Å². The van der Waals surface area contributed by atoms with Crippen LogP contribution in [-0.4, -0.2) is 24.3 Å². The molecule has 0 saturated carbocycles. The van der Waals surface area contributed by atoms with Crippen molar-refractivity contribution in [2.75, 3.05) is 4.72 Å². The van der Waals surface area contributed by atoms with Crippen LogP contribution in [0.4, 0.5) is 5.69 Å². The lowest BCUT2D eigenvalue weighted by atomic mass is 10.1. The maximum absolute atomic E-state index is 13.2. The molecule has 2 heterocycles. The minimum Gasteiger partial charge on any atom is -0.345 e. The molecule has 168 valence electrons. The van der Waals surface area contributed by atoms with Crippen LogP contribution in [0, 0.1) is 6.92 Å². The molecule has 0 aliphatic heterocycles. The predicted molar refractivity (Wildman–Crippen MR) is 128 cm³/mol. The van der Waals surface area contributed by atoms with Gasteiger partial charge in [-0.1, -0.05) is 43.3 Å². The number of carbonyl (C=O) groups is 1. The third-order valence-electron chi connectivity index (χ3n) is 5.35. The molecule has 7 nitrogen and oxygen atoms in total. The van der Waals surface area contributed by atoms with Crippen molar-refractivity contribution in [1.82, 2.24) is 15.3 Å². The Morgan fingerprint density at radius 2 is 1.76 bits per heavy atom. The zero-order valence-electron chi connectivity index (χ0n) is 18.3. The zero-order valence-corrected chi connectivity index (χ0v) is 19.1. The fraction of sp³-hybridized carbons (Fsp3) is 0.160. The Kier molecular flexibility index (Phi) is 6.37. The number of hydrogen-bond acceptors (Lipinski definition) is 5. The van der Waals surface area contributed by atoms with E-state index in [0.29, 0.717) is 17.3 Å². The number of sulfonamides is 1. The second kappa shape index (κ2) is 9.38. The topological polar surface area (TPSA) is 101 Å². The number of para-hydroxylation sites is 2. The van der Waals surface area contributed by atoms with E-state index in [-0.39, 0.29) is 28.1 Å².